The summed E-state index contributed by atoms with van der Waals surface area (Å²) in [6.45, 7) is 5.16. The molecule has 0 saturated heterocycles. The van der Waals surface area contributed by atoms with Crippen molar-refractivity contribution in [2.75, 3.05) is 13.1 Å². The zero-order valence-electron chi connectivity index (χ0n) is 12.8. The highest BCUT2D eigenvalue weighted by Crippen LogP contribution is 2.28. The second-order valence-electron chi connectivity index (χ2n) is 6.40. The summed E-state index contributed by atoms with van der Waals surface area (Å²) in [6.07, 6.45) is 6.00. The molecular weight excluding hydrogens is 254 g/mol. The van der Waals surface area contributed by atoms with Crippen molar-refractivity contribution in [1.82, 2.24) is 10.6 Å². The van der Waals surface area contributed by atoms with Crippen molar-refractivity contribution in [3.05, 3.63) is 0 Å². The predicted molar refractivity (Wildman–Crippen MR) is 80.1 cm³/mol. The van der Waals surface area contributed by atoms with Crippen LogP contribution < -0.4 is 16.4 Å². The molecule has 116 valence electrons. The number of nitrogens with two attached hydrogens (primary N) is 1. The first-order valence-electron chi connectivity index (χ1n) is 7.73. The first kappa shape index (κ1) is 17.0. The monoisotopic (exact) mass is 283 g/mol. The molecule has 5 heteroatoms. The van der Waals surface area contributed by atoms with E-state index in [1.54, 1.807) is 0 Å². The van der Waals surface area contributed by atoms with Gasteiger partial charge in [0.05, 0.1) is 0 Å². The molecule has 0 unspecified atom stereocenters. The molecule has 1 saturated carbocycles. The Labute approximate surface area is 122 Å². The van der Waals surface area contributed by atoms with Gasteiger partial charge in [-0.2, -0.15) is 0 Å². The summed E-state index contributed by atoms with van der Waals surface area (Å²) >= 11 is 0. The van der Waals surface area contributed by atoms with Crippen LogP contribution >= 0.6 is 0 Å². The van der Waals surface area contributed by atoms with E-state index in [1.807, 2.05) is 13.8 Å². The van der Waals surface area contributed by atoms with Gasteiger partial charge in [-0.25, -0.2) is 0 Å². The third-order valence-electron chi connectivity index (χ3n) is 3.74. The number of hydrogen-bond acceptors (Lipinski definition) is 3. The number of amides is 2. The highest BCUT2D eigenvalue weighted by atomic mass is 16.2. The Morgan fingerprint density at radius 3 is 2.35 bits per heavy atom. The van der Waals surface area contributed by atoms with Crippen LogP contribution in [0.2, 0.25) is 0 Å². The van der Waals surface area contributed by atoms with Crippen LogP contribution in [0.1, 0.15) is 58.8 Å². The van der Waals surface area contributed by atoms with Crippen LogP contribution in [0.3, 0.4) is 0 Å². The van der Waals surface area contributed by atoms with E-state index in [2.05, 4.69) is 10.6 Å². The molecule has 0 atom stereocenters. The van der Waals surface area contributed by atoms with E-state index in [4.69, 9.17) is 5.73 Å². The van der Waals surface area contributed by atoms with E-state index < -0.39 is 0 Å². The van der Waals surface area contributed by atoms with Crippen LogP contribution in [0.25, 0.3) is 0 Å². The van der Waals surface area contributed by atoms with Crippen molar-refractivity contribution < 1.29 is 9.59 Å². The van der Waals surface area contributed by atoms with Crippen LogP contribution in [0.4, 0.5) is 0 Å². The van der Waals surface area contributed by atoms with Gasteiger partial charge in [-0.15, -0.1) is 0 Å². The molecule has 0 spiro atoms. The van der Waals surface area contributed by atoms with Crippen LogP contribution in [0, 0.1) is 5.92 Å². The molecule has 0 aromatic heterocycles. The Kier molecular flexibility index (Phi) is 6.99. The van der Waals surface area contributed by atoms with Gasteiger partial charge >= 0.3 is 0 Å². The van der Waals surface area contributed by atoms with Gasteiger partial charge in [-0.05, 0) is 18.8 Å². The topological polar surface area (TPSA) is 84.2 Å². The molecule has 0 bridgehead atoms. The second-order valence-corrected chi connectivity index (χ2v) is 6.40. The molecular formula is C15H29N3O2. The molecule has 1 rings (SSSR count). The van der Waals surface area contributed by atoms with Gasteiger partial charge in [0.2, 0.25) is 11.8 Å². The van der Waals surface area contributed by atoms with Crippen molar-refractivity contribution in [3.8, 4) is 0 Å². The molecule has 0 heterocycles. The van der Waals surface area contributed by atoms with Crippen molar-refractivity contribution >= 4 is 11.8 Å². The fraction of sp³-hybridized carbons (Fsp3) is 0.867. The second kappa shape index (κ2) is 8.25. The lowest BCUT2D eigenvalue weighted by molar-refractivity contribution is -0.123. The maximum absolute atomic E-state index is 11.8. The summed E-state index contributed by atoms with van der Waals surface area (Å²) in [7, 11) is 0. The maximum atomic E-state index is 11.8. The minimum Gasteiger partial charge on any atom is -0.356 e. The van der Waals surface area contributed by atoms with Crippen LogP contribution in [0.15, 0.2) is 0 Å². The lowest BCUT2D eigenvalue weighted by atomic mass is 9.80. The van der Waals surface area contributed by atoms with Gasteiger partial charge < -0.3 is 16.4 Å². The number of hydrogen-bond donors (Lipinski definition) is 3. The summed E-state index contributed by atoms with van der Waals surface area (Å²) in [5, 5.41) is 5.62. The summed E-state index contributed by atoms with van der Waals surface area (Å²) < 4.78 is 0. The summed E-state index contributed by atoms with van der Waals surface area (Å²) in [5.74, 6) is 0.391. The lowest BCUT2D eigenvalue weighted by Gasteiger charge is -2.32. The lowest BCUT2D eigenvalue weighted by Crippen LogP contribution is -2.46. The van der Waals surface area contributed by atoms with E-state index in [0.717, 1.165) is 25.7 Å². The highest BCUT2D eigenvalue weighted by molar-refractivity contribution is 5.79. The Morgan fingerprint density at radius 2 is 1.75 bits per heavy atom. The van der Waals surface area contributed by atoms with Crippen molar-refractivity contribution in [3.63, 3.8) is 0 Å². The van der Waals surface area contributed by atoms with Gasteiger partial charge in [0, 0.05) is 31.5 Å². The molecule has 1 aliphatic rings. The smallest absolute Gasteiger partial charge is 0.221 e. The quantitative estimate of drug-likeness (QED) is 0.659. The Morgan fingerprint density at radius 1 is 1.10 bits per heavy atom. The zero-order valence-corrected chi connectivity index (χ0v) is 12.8. The molecule has 0 aromatic rings. The van der Waals surface area contributed by atoms with Gasteiger partial charge in [0.1, 0.15) is 0 Å². The fourth-order valence-corrected chi connectivity index (χ4v) is 2.54. The number of rotatable bonds is 7. The minimum atomic E-state index is -0.331. The van der Waals surface area contributed by atoms with E-state index >= 15 is 0 Å². The van der Waals surface area contributed by atoms with Gasteiger partial charge in [-0.3, -0.25) is 9.59 Å². The summed E-state index contributed by atoms with van der Waals surface area (Å²) in [5.41, 5.74) is 5.90. The maximum Gasteiger partial charge on any atom is 0.221 e. The molecule has 0 aromatic carbocycles. The molecule has 2 amide bonds. The molecule has 4 N–H and O–H groups in total. The summed E-state index contributed by atoms with van der Waals surface area (Å²) in [6, 6.07) is 0. The standard InChI is InChI=1S/C15H29N3O2/c1-12(2)11-18-13(19)6-9-17-14(20)10-15(16)7-4-3-5-8-15/h12H,3-11,16H2,1-2H3,(H,17,20)(H,18,19). The zero-order chi connectivity index (χ0) is 15.0. The molecule has 0 radical (unpaired) electrons. The Hall–Kier alpha value is -1.10. The van der Waals surface area contributed by atoms with Gasteiger partial charge in [0.15, 0.2) is 0 Å². The van der Waals surface area contributed by atoms with Crippen LogP contribution in [0.5, 0.6) is 0 Å². The largest absolute Gasteiger partial charge is 0.356 e. The van der Waals surface area contributed by atoms with E-state index in [0.29, 0.717) is 31.8 Å². The van der Waals surface area contributed by atoms with E-state index in [-0.39, 0.29) is 17.4 Å². The number of nitrogens with one attached hydrogen (secondary N) is 2. The number of carbonyl (C=O) groups is 2. The average Bonchev–Trinajstić information content (AvgIpc) is 2.36. The third-order valence-corrected chi connectivity index (χ3v) is 3.74. The predicted octanol–water partition coefficient (Wildman–Crippen LogP) is 1.32. The third kappa shape index (κ3) is 6.89. The first-order valence-corrected chi connectivity index (χ1v) is 7.73. The van der Waals surface area contributed by atoms with Crippen LogP contribution in [-0.4, -0.2) is 30.4 Å². The van der Waals surface area contributed by atoms with E-state index in [9.17, 15) is 9.59 Å². The first-order chi connectivity index (χ1) is 9.41. The van der Waals surface area contributed by atoms with E-state index in [1.165, 1.54) is 6.42 Å². The Balaban J connectivity index is 2.15. The molecule has 1 fully saturated rings. The molecule has 0 aliphatic heterocycles. The van der Waals surface area contributed by atoms with Crippen molar-refractivity contribution in [2.24, 2.45) is 11.7 Å². The molecule has 20 heavy (non-hydrogen) atoms. The SMILES string of the molecule is CC(C)CNC(=O)CCNC(=O)CC1(N)CCCCC1. The molecule has 1 aliphatic carbocycles. The average molecular weight is 283 g/mol. The van der Waals surface area contributed by atoms with Gasteiger partial charge in [-0.1, -0.05) is 33.1 Å². The summed E-state index contributed by atoms with van der Waals surface area (Å²) in [4.78, 5) is 23.3. The fourth-order valence-electron chi connectivity index (χ4n) is 2.54. The Bertz CT molecular complexity index is 323. The van der Waals surface area contributed by atoms with Crippen molar-refractivity contribution in [2.45, 2.75) is 64.3 Å². The molecule has 5 nitrogen and oxygen atoms in total. The normalized spacial score (nSPS) is 17.8. The van der Waals surface area contributed by atoms with Gasteiger partial charge in [0.25, 0.3) is 0 Å². The van der Waals surface area contributed by atoms with Crippen LogP contribution in [-0.2, 0) is 9.59 Å². The van der Waals surface area contributed by atoms with Crippen molar-refractivity contribution in [1.29, 1.82) is 0 Å². The minimum absolute atomic E-state index is 0.0147. The number of carbonyl (C=O) groups excluding carboxylic acids is 2. The highest BCUT2D eigenvalue weighted by Gasteiger charge is 2.29.